The summed E-state index contributed by atoms with van der Waals surface area (Å²) in [6.07, 6.45) is 0. The molecule has 9 rings (SSSR count). The van der Waals surface area contributed by atoms with Crippen LogP contribution in [0.4, 0.5) is 17.1 Å². The number of hydrogen-bond donors (Lipinski definition) is 0. The van der Waals surface area contributed by atoms with Gasteiger partial charge < -0.3 is 13.9 Å². The van der Waals surface area contributed by atoms with E-state index in [4.69, 9.17) is 4.42 Å². The van der Waals surface area contributed by atoms with Crippen LogP contribution in [0, 0.1) is 0 Å². The molecule has 0 saturated heterocycles. The van der Waals surface area contributed by atoms with Gasteiger partial charge in [-0.05, 0) is 53.9 Å². The average molecular weight is 551 g/mol. The molecule has 9 aromatic rings. The van der Waals surface area contributed by atoms with Crippen LogP contribution in [0.3, 0.4) is 0 Å². The van der Waals surface area contributed by atoms with Gasteiger partial charge >= 0.3 is 0 Å². The molecule has 2 aromatic heterocycles. The lowest BCUT2D eigenvalue weighted by Gasteiger charge is -2.27. The summed E-state index contributed by atoms with van der Waals surface area (Å²) in [5.74, 6) is 0. The van der Waals surface area contributed by atoms with E-state index in [1.165, 1.54) is 32.6 Å². The van der Waals surface area contributed by atoms with Crippen molar-refractivity contribution in [3.63, 3.8) is 0 Å². The number of aromatic nitrogens is 1. The highest BCUT2D eigenvalue weighted by atomic mass is 16.3. The Balaban J connectivity index is 1.37. The molecule has 2 heterocycles. The minimum Gasteiger partial charge on any atom is -0.456 e. The summed E-state index contributed by atoms with van der Waals surface area (Å²) >= 11 is 0. The number of nitrogens with zero attached hydrogens (tertiary/aromatic N) is 2. The Kier molecular flexibility index (Phi) is 5.20. The topological polar surface area (TPSA) is 21.3 Å². The van der Waals surface area contributed by atoms with E-state index in [2.05, 4.69) is 161 Å². The molecule has 0 unspecified atom stereocenters. The predicted molar refractivity (Wildman–Crippen MR) is 180 cm³/mol. The maximum absolute atomic E-state index is 6.48. The van der Waals surface area contributed by atoms with Crippen molar-refractivity contribution in [3.05, 3.63) is 158 Å². The summed E-state index contributed by atoms with van der Waals surface area (Å²) in [6, 6.07) is 56.0. The molecule has 43 heavy (non-hydrogen) atoms. The summed E-state index contributed by atoms with van der Waals surface area (Å²) in [5, 5.41) is 7.12. The van der Waals surface area contributed by atoms with Crippen molar-refractivity contribution in [2.45, 2.75) is 0 Å². The van der Waals surface area contributed by atoms with Crippen LogP contribution >= 0.6 is 0 Å². The van der Waals surface area contributed by atoms with Gasteiger partial charge in [-0.3, -0.25) is 0 Å². The second-order valence-electron chi connectivity index (χ2n) is 11.0. The van der Waals surface area contributed by atoms with Gasteiger partial charge in [-0.15, -0.1) is 0 Å². The fourth-order valence-corrected chi connectivity index (χ4v) is 6.71. The standard InChI is InChI=1S/C40H26N2O/c1-3-13-27(14-4-1)41(37-26-39-40(33-19-8-7-18-31(33)37)34-20-10-12-22-38(34)43-39)29-23-24-32-30-17-9-11-21-35(30)42(36(32)25-29)28-15-5-2-6-16-28/h1-26H. The Morgan fingerprint density at radius 2 is 1.05 bits per heavy atom. The Bertz CT molecular complexity index is 2450. The maximum Gasteiger partial charge on any atom is 0.138 e. The second-order valence-corrected chi connectivity index (χ2v) is 11.0. The Morgan fingerprint density at radius 3 is 1.86 bits per heavy atom. The number of rotatable bonds is 4. The van der Waals surface area contributed by atoms with Crippen molar-refractivity contribution >= 4 is 71.6 Å². The minimum absolute atomic E-state index is 0.885. The first-order valence-corrected chi connectivity index (χ1v) is 14.6. The Morgan fingerprint density at radius 1 is 0.419 bits per heavy atom. The van der Waals surface area contributed by atoms with Gasteiger partial charge in [0.1, 0.15) is 11.2 Å². The molecule has 0 N–H and O–H groups in total. The highest BCUT2D eigenvalue weighted by molar-refractivity contribution is 6.22. The third-order valence-electron chi connectivity index (χ3n) is 8.55. The molecule has 0 aliphatic carbocycles. The van der Waals surface area contributed by atoms with E-state index in [1.54, 1.807) is 0 Å². The molecule has 0 atom stereocenters. The smallest absolute Gasteiger partial charge is 0.138 e. The summed E-state index contributed by atoms with van der Waals surface area (Å²) in [6.45, 7) is 0. The Hall–Kier alpha value is -5.80. The molecule has 0 amide bonds. The molecule has 0 bridgehead atoms. The lowest BCUT2D eigenvalue weighted by molar-refractivity contribution is 0.669. The average Bonchev–Trinajstić information content (AvgIpc) is 3.61. The normalized spacial score (nSPS) is 11.7. The van der Waals surface area contributed by atoms with Crippen molar-refractivity contribution in [1.29, 1.82) is 0 Å². The van der Waals surface area contributed by atoms with Crippen molar-refractivity contribution < 1.29 is 4.42 Å². The third-order valence-corrected chi connectivity index (χ3v) is 8.55. The van der Waals surface area contributed by atoms with E-state index in [1.807, 2.05) is 6.07 Å². The highest BCUT2D eigenvalue weighted by Gasteiger charge is 2.21. The van der Waals surface area contributed by atoms with Gasteiger partial charge in [-0.1, -0.05) is 103 Å². The van der Waals surface area contributed by atoms with E-state index in [-0.39, 0.29) is 0 Å². The molecule has 0 fully saturated rings. The number of furan rings is 1. The molecule has 202 valence electrons. The van der Waals surface area contributed by atoms with Crippen LogP contribution in [0.25, 0.3) is 60.2 Å². The number of fused-ring (bicyclic) bond motifs is 8. The minimum atomic E-state index is 0.885. The van der Waals surface area contributed by atoms with Gasteiger partial charge in [0.2, 0.25) is 0 Å². The van der Waals surface area contributed by atoms with E-state index >= 15 is 0 Å². The summed E-state index contributed by atoms with van der Waals surface area (Å²) in [7, 11) is 0. The zero-order chi connectivity index (χ0) is 28.3. The molecule has 3 nitrogen and oxygen atoms in total. The third kappa shape index (κ3) is 3.62. The van der Waals surface area contributed by atoms with Gasteiger partial charge in [0, 0.05) is 50.1 Å². The molecule has 3 heteroatoms. The van der Waals surface area contributed by atoms with Gasteiger partial charge in [-0.2, -0.15) is 0 Å². The predicted octanol–water partition coefficient (Wildman–Crippen LogP) is 11.3. The van der Waals surface area contributed by atoms with Crippen LogP contribution in [0.5, 0.6) is 0 Å². The van der Waals surface area contributed by atoms with Crippen LogP contribution in [-0.4, -0.2) is 4.57 Å². The van der Waals surface area contributed by atoms with Crippen LogP contribution < -0.4 is 4.90 Å². The highest BCUT2D eigenvalue weighted by Crippen LogP contribution is 2.45. The summed E-state index contributed by atoms with van der Waals surface area (Å²) < 4.78 is 8.85. The molecule has 7 aromatic carbocycles. The number of anilines is 3. The summed E-state index contributed by atoms with van der Waals surface area (Å²) in [5.41, 5.74) is 8.54. The maximum atomic E-state index is 6.48. The first-order valence-electron chi connectivity index (χ1n) is 14.6. The lowest BCUT2D eigenvalue weighted by Crippen LogP contribution is -2.10. The fourth-order valence-electron chi connectivity index (χ4n) is 6.71. The molecule has 0 radical (unpaired) electrons. The largest absolute Gasteiger partial charge is 0.456 e. The lowest BCUT2D eigenvalue weighted by atomic mass is 10.0. The van der Waals surface area contributed by atoms with Gasteiger partial charge in [0.25, 0.3) is 0 Å². The van der Waals surface area contributed by atoms with E-state index < -0.39 is 0 Å². The zero-order valence-electron chi connectivity index (χ0n) is 23.3. The number of benzene rings is 7. The first-order chi connectivity index (χ1) is 21.3. The van der Waals surface area contributed by atoms with E-state index in [0.717, 1.165) is 44.7 Å². The van der Waals surface area contributed by atoms with Crippen molar-refractivity contribution in [2.24, 2.45) is 0 Å². The zero-order valence-corrected chi connectivity index (χ0v) is 23.3. The van der Waals surface area contributed by atoms with Gasteiger partial charge in [0.05, 0.1) is 16.7 Å². The van der Waals surface area contributed by atoms with Crippen LogP contribution in [-0.2, 0) is 0 Å². The van der Waals surface area contributed by atoms with Crippen LogP contribution in [0.2, 0.25) is 0 Å². The molecular weight excluding hydrogens is 524 g/mol. The monoisotopic (exact) mass is 550 g/mol. The van der Waals surface area contributed by atoms with Crippen molar-refractivity contribution in [2.75, 3.05) is 4.90 Å². The first kappa shape index (κ1) is 23.9. The molecule has 0 saturated carbocycles. The fraction of sp³-hybridized carbons (Fsp3) is 0. The van der Waals surface area contributed by atoms with Crippen molar-refractivity contribution in [3.8, 4) is 5.69 Å². The number of hydrogen-bond acceptors (Lipinski definition) is 2. The van der Waals surface area contributed by atoms with E-state index in [0.29, 0.717) is 0 Å². The summed E-state index contributed by atoms with van der Waals surface area (Å²) in [4.78, 5) is 2.36. The molecule has 0 aliphatic heterocycles. The van der Waals surface area contributed by atoms with Crippen molar-refractivity contribution in [1.82, 2.24) is 4.57 Å². The van der Waals surface area contributed by atoms with Gasteiger partial charge in [-0.25, -0.2) is 0 Å². The van der Waals surface area contributed by atoms with Crippen LogP contribution in [0.15, 0.2) is 162 Å². The van der Waals surface area contributed by atoms with Gasteiger partial charge in [0.15, 0.2) is 0 Å². The quantitative estimate of drug-likeness (QED) is 0.217. The second kappa shape index (κ2) is 9.37. The molecule has 0 aliphatic rings. The number of para-hydroxylation sites is 4. The SMILES string of the molecule is c1ccc(N(c2ccc3c4ccccc4n(-c4ccccc4)c3c2)c2cc3oc4ccccc4c3c3ccccc23)cc1. The Labute approximate surface area is 248 Å². The molecule has 0 spiro atoms. The van der Waals surface area contributed by atoms with E-state index in [9.17, 15) is 0 Å². The molecular formula is C40H26N2O. The van der Waals surface area contributed by atoms with Crippen LogP contribution in [0.1, 0.15) is 0 Å².